The van der Waals surface area contributed by atoms with Crippen molar-refractivity contribution in [3.63, 3.8) is 0 Å². The second-order valence-electron chi connectivity index (χ2n) is 4.24. The molecule has 5 heteroatoms. The van der Waals surface area contributed by atoms with Crippen LogP contribution in [0.15, 0.2) is 48.7 Å². The standard InChI is InChI=1S/C15H10Cl2N2O/c16-9-5-6-14(11(17)7-9)20-15-10-3-1-2-4-13(10)19-8-12(15)18/h1-8H,18H2. The van der Waals surface area contributed by atoms with Crippen LogP contribution in [0.2, 0.25) is 10.0 Å². The van der Waals surface area contributed by atoms with Crippen LogP contribution in [0.5, 0.6) is 11.5 Å². The minimum absolute atomic E-state index is 0.429. The van der Waals surface area contributed by atoms with Gasteiger partial charge in [0.1, 0.15) is 5.75 Å². The number of fused-ring (bicyclic) bond motifs is 1. The molecule has 0 bridgehead atoms. The lowest BCUT2D eigenvalue weighted by Gasteiger charge is -2.12. The molecule has 3 nitrogen and oxygen atoms in total. The Hall–Kier alpha value is -1.97. The van der Waals surface area contributed by atoms with Crippen LogP contribution >= 0.6 is 23.2 Å². The normalized spacial score (nSPS) is 10.7. The topological polar surface area (TPSA) is 48.1 Å². The molecule has 3 rings (SSSR count). The number of pyridine rings is 1. The molecule has 0 fully saturated rings. The Balaban J connectivity index is 2.12. The van der Waals surface area contributed by atoms with Crippen molar-refractivity contribution >= 4 is 39.8 Å². The zero-order chi connectivity index (χ0) is 14.1. The molecular formula is C15H10Cl2N2O. The van der Waals surface area contributed by atoms with Gasteiger partial charge in [-0.1, -0.05) is 35.3 Å². The third-order valence-electron chi connectivity index (χ3n) is 2.86. The van der Waals surface area contributed by atoms with Gasteiger partial charge < -0.3 is 10.5 Å². The molecule has 0 radical (unpaired) electrons. The van der Waals surface area contributed by atoms with Crippen molar-refractivity contribution in [1.82, 2.24) is 4.98 Å². The number of nitrogens with zero attached hydrogens (tertiary/aromatic N) is 1. The monoisotopic (exact) mass is 304 g/mol. The fourth-order valence-electron chi connectivity index (χ4n) is 1.91. The van der Waals surface area contributed by atoms with Crippen molar-refractivity contribution < 1.29 is 4.74 Å². The van der Waals surface area contributed by atoms with E-state index in [0.717, 1.165) is 10.9 Å². The molecule has 0 aliphatic heterocycles. The van der Waals surface area contributed by atoms with Gasteiger partial charge in [0.2, 0.25) is 0 Å². The van der Waals surface area contributed by atoms with Crippen LogP contribution in [0, 0.1) is 0 Å². The van der Waals surface area contributed by atoms with Crippen molar-refractivity contribution in [2.45, 2.75) is 0 Å². The van der Waals surface area contributed by atoms with Crippen LogP contribution < -0.4 is 10.5 Å². The molecular weight excluding hydrogens is 295 g/mol. The van der Waals surface area contributed by atoms with Crippen LogP contribution in [0.3, 0.4) is 0 Å². The number of para-hydroxylation sites is 1. The first-order valence-electron chi connectivity index (χ1n) is 5.91. The molecule has 2 aromatic carbocycles. The molecule has 0 atom stereocenters. The lowest BCUT2D eigenvalue weighted by atomic mass is 10.2. The number of rotatable bonds is 2. The smallest absolute Gasteiger partial charge is 0.161 e. The maximum Gasteiger partial charge on any atom is 0.161 e. The minimum atomic E-state index is 0.429. The fraction of sp³-hybridized carbons (Fsp3) is 0. The summed E-state index contributed by atoms with van der Waals surface area (Å²) in [6.45, 7) is 0. The SMILES string of the molecule is Nc1cnc2ccccc2c1Oc1ccc(Cl)cc1Cl. The number of anilines is 1. The lowest BCUT2D eigenvalue weighted by Crippen LogP contribution is -1.95. The van der Waals surface area contributed by atoms with Gasteiger partial charge in [-0.25, -0.2) is 0 Å². The van der Waals surface area contributed by atoms with Crippen molar-refractivity contribution in [1.29, 1.82) is 0 Å². The van der Waals surface area contributed by atoms with E-state index in [4.69, 9.17) is 33.7 Å². The summed E-state index contributed by atoms with van der Waals surface area (Å²) in [7, 11) is 0. The second-order valence-corrected chi connectivity index (χ2v) is 5.08. The van der Waals surface area contributed by atoms with E-state index in [1.54, 1.807) is 24.4 Å². The van der Waals surface area contributed by atoms with E-state index in [2.05, 4.69) is 4.98 Å². The van der Waals surface area contributed by atoms with E-state index < -0.39 is 0 Å². The highest BCUT2D eigenvalue weighted by atomic mass is 35.5. The first-order chi connectivity index (χ1) is 9.65. The van der Waals surface area contributed by atoms with Crippen molar-refractivity contribution in [2.24, 2.45) is 0 Å². The summed E-state index contributed by atoms with van der Waals surface area (Å²) in [5, 5.41) is 1.81. The number of hydrogen-bond donors (Lipinski definition) is 1. The van der Waals surface area contributed by atoms with Gasteiger partial charge in [-0.15, -0.1) is 0 Å². The Morgan fingerprint density at radius 3 is 2.65 bits per heavy atom. The van der Waals surface area contributed by atoms with Gasteiger partial charge >= 0.3 is 0 Å². The van der Waals surface area contributed by atoms with E-state index in [1.165, 1.54) is 0 Å². The average Bonchev–Trinajstić information content (AvgIpc) is 2.44. The Bertz CT molecular complexity index is 790. The highest BCUT2D eigenvalue weighted by molar-refractivity contribution is 6.35. The number of benzene rings is 2. The number of nitrogen functional groups attached to an aromatic ring is 1. The summed E-state index contributed by atoms with van der Waals surface area (Å²) in [5.74, 6) is 1.04. The predicted octanol–water partition coefficient (Wildman–Crippen LogP) is 4.92. The number of halogens is 2. The van der Waals surface area contributed by atoms with Crippen molar-refractivity contribution in [3.8, 4) is 11.5 Å². The summed E-state index contributed by atoms with van der Waals surface area (Å²) in [6, 6.07) is 12.6. The Morgan fingerprint density at radius 2 is 1.85 bits per heavy atom. The van der Waals surface area contributed by atoms with Gasteiger partial charge in [0, 0.05) is 10.4 Å². The molecule has 0 aliphatic rings. The van der Waals surface area contributed by atoms with E-state index in [1.807, 2.05) is 24.3 Å². The molecule has 20 heavy (non-hydrogen) atoms. The highest BCUT2D eigenvalue weighted by Crippen LogP contribution is 2.37. The Kier molecular flexibility index (Phi) is 3.38. The quantitative estimate of drug-likeness (QED) is 0.731. The molecule has 0 aliphatic carbocycles. The third kappa shape index (κ3) is 2.38. The predicted molar refractivity (Wildman–Crippen MR) is 82.7 cm³/mol. The van der Waals surface area contributed by atoms with Crippen molar-refractivity contribution in [2.75, 3.05) is 5.73 Å². The third-order valence-corrected chi connectivity index (χ3v) is 3.39. The number of aromatic nitrogens is 1. The minimum Gasteiger partial charge on any atom is -0.453 e. The number of hydrogen-bond acceptors (Lipinski definition) is 3. The molecule has 0 unspecified atom stereocenters. The summed E-state index contributed by atoms with van der Waals surface area (Å²) in [4.78, 5) is 4.26. The van der Waals surface area contributed by atoms with Crippen LogP contribution in [0.25, 0.3) is 10.9 Å². The first-order valence-corrected chi connectivity index (χ1v) is 6.67. The van der Waals surface area contributed by atoms with Crippen LogP contribution in [0.4, 0.5) is 5.69 Å². The van der Waals surface area contributed by atoms with Gasteiger partial charge in [-0.2, -0.15) is 0 Å². The van der Waals surface area contributed by atoms with Crippen LogP contribution in [-0.2, 0) is 0 Å². The first kappa shape index (κ1) is 13.0. The Labute approximate surface area is 125 Å². The van der Waals surface area contributed by atoms with E-state index in [-0.39, 0.29) is 0 Å². The molecule has 0 amide bonds. The summed E-state index contributed by atoms with van der Waals surface area (Å²) in [6.07, 6.45) is 1.57. The van der Waals surface area contributed by atoms with Gasteiger partial charge in [0.15, 0.2) is 5.75 Å². The molecule has 1 heterocycles. The lowest BCUT2D eigenvalue weighted by molar-refractivity contribution is 0.490. The number of nitrogens with two attached hydrogens (primary N) is 1. The van der Waals surface area contributed by atoms with Crippen molar-refractivity contribution in [3.05, 3.63) is 58.7 Å². The van der Waals surface area contributed by atoms with Gasteiger partial charge in [-0.05, 0) is 30.3 Å². The second kappa shape index (κ2) is 5.19. The molecule has 1 aromatic heterocycles. The highest BCUT2D eigenvalue weighted by Gasteiger charge is 2.11. The number of ether oxygens (including phenoxy) is 1. The largest absolute Gasteiger partial charge is 0.453 e. The molecule has 0 saturated heterocycles. The molecule has 100 valence electrons. The van der Waals surface area contributed by atoms with Gasteiger partial charge in [-0.3, -0.25) is 4.98 Å². The van der Waals surface area contributed by atoms with E-state index in [0.29, 0.717) is 27.2 Å². The summed E-state index contributed by atoms with van der Waals surface area (Å²) in [5.41, 5.74) is 7.22. The van der Waals surface area contributed by atoms with Gasteiger partial charge in [0.05, 0.1) is 22.4 Å². The molecule has 3 aromatic rings. The molecule has 0 saturated carbocycles. The van der Waals surface area contributed by atoms with E-state index in [9.17, 15) is 0 Å². The maximum absolute atomic E-state index is 6.12. The van der Waals surface area contributed by atoms with Crippen LogP contribution in [-0.4, -0.2) is 4.98 Å². The summed E-state index contributed by atoms with van der Waals surface area (Å²) >= 11 is 12.0. The Morgan fingerprint density at radius 1 is 1.05 bits per heavy atom. The zero-order valence-electron chi connectivity index (χ0n) is 10.3. The van der Waals surface area contributed by atoms with E-state index >= 15 is 0 Å². The van der Waals surface area contributed by atoms with Crippen LogP contribution in [0.1, 0.15) is 0 Å². The average molecular weight is 305 g/mol. The zero-order valence-corrected chi connectivity index (χ0v) is 11.8. The summed E-state index contributed by atoms with van der Waals surface area (Å²) < 4.78 is 5.85. The molecule has 0 spiro atoms. The maximum atomic E-state index is 6.12. The molecule has 2 N–H and O–H groups in total. The fourth-order valence-corrected chi connectivity index (χ4v) is 2.36. The van der Waals surface area contributed by atoms with Gasteiger partial charge in [0.25, 0.3) is 0 Å².